The zero-order valence-electron chi connectivity index (χ0n) is 14.6. The van der Waals surface area contributed by atoms with Crippen LogP contribution in [0.15, 0.2) is 41.5 Å². The normalized spacial score (nSPS) is 20.2. The summed E-state index contributed by atoms with van der Waals surface area (Å²) in [7, 11) is 1.31. The van der Waals surface area contributed by atoms with E-state index in [2.05, 4.69) is 4.74 Å². The van der Waals surface area contributed by atoms with Crippen molar-refractivity contribution in [3.05, 3.63) is 58.3 Å². The third-order valence-corrected chi connectivity index (χ3v) is 4.98. The Hall–Kier alpha value is -3.16. The van der Waals surface area contributed by atoms with Crippen molar-refractivity contribution in [3.63, 3.8) is 0 Å². The second kappa shape index (κ2) is 6.53. The van der Waals surface area contributed by atoms with Crippen LogP contribution in [-0.2, 0) is 20.7 Å². The minimum atomic E-state index is -0.538. The summed E-state index contributed by atoms with van der Waals surface area (Å²) >= 11 is 0. The van der Waals surface area contributed by atoms with E-state index >= 15 is 0 Å². The van der Waals surface area contributed by atoms with Crippen LogP contribution in [0.3, 0.4) is 0 Å². The van der Waals surface area contributed by atoms with Crippen LogP contribution in [0.2, 0.25) is 0 Å². The van der Waals surface area contributed by atoms with Crippen LogP contribution >= 0.6 is 0 Å². The Labute approximate surface area is 153 Å². The van der Waals surface area contributed by atoms with Crippen LogP contribution in [0.5, 0.6) is 0 Å². The highest BCUT2D eigenvalue weighted by molar-refractivity contribution is 5.94. The average molecular weight is 372 g/mol. The predicted molar refractivity (Wildman–Crippen MR) is 93.5 cm³/mol. The summed E-state index contributed by atoms with van der Waals surface area (Å²) in [4.78, 5) is 36.4. The average Bonchev–Trinajstić information content (AvgIpc) is 3.17. The number of carbonyl (C=O) groups excluding carboxylic acids is 2. The first-order valence-corrected chi connectivity index (χ1v) is 8.55. The van der Waals surface area contributed by atoms with Crippen molar-refractivity contribution in [1.29, 1.82) is 0 Å². The fraction of sp³-hybridized carbons (Fsp3) is 0.316. The maximum Gasteiger partial charge on any atom is 0.415 e. The highest BCUT2D eigenvalue weighted by Gasteiger charge is 2.47. The van der Waals surface area contributed by atoms with Gasteiger partial charge in [-0.3, -0.25) is 14.5 Å². The Balaban J connectivity index is 1.63. The van der Waals surface area contributed by atoms with Gasteiger partial charge in [-0.05, 0) is 24.5 Å². The molecule has 1 fully saturated rings. The number of ether oxygens (including phenoxy) is 2. The smallest absolute Gasteiger partial charge is 0.415 e. The molecule has 1 aromatic heterocycles. The first kappa shape index (κ1) is 17.3. The summed E-state index contributed by atoms with van der Waals surface area (Å²) in [5, 5.41) is 0. The molecule has 7 nitrogen and oxygen atoms in total. The Morgan fingerprint density at radius 2 is 2.00 bits per heavy atom. The summed E-state index contributed by atoms with van der Waals surface area (Å²) in [6, 6.07) is 5.42. The van der Waals surface area contributed by atoms with Crippen molar-refractivity contribution in [1.82, 2.24) is 4.57 Å². The van der Waals surface area contributed by atoms with Crippen LogP contribution in [0.1, 0.15) is 18.4 Å². The van der Waals surface area contributed by atoms with Crippen LogP contribution in [-0.4, -0.2) is 35.9 Å². The zero-order valence-corrected chi connectivity index (χ0v) is 14.6. The molecule has 140 valence electrons. The molecule has 4 rings (SSSR count). The maximum atomic E-state index is 14.7. The molecular weight excluding hydrogens is 355 g/mol. The van der Waals surface area contributed by atoms with Gasteiger partial charge in [-0.25, -0.2) is 9.18 Å². The van der Waals surface area contributed by atoms with Crippen molar-refractivity contribution in [2.24, 2.45) is 0 Å². The van der Waals surface area contributed by atoms with Crippen LogP contribution < -0.4 is 10.3 Å². The largest absolute Gasteiger partial charge is 0.469 e. The summed E-state index contributed by atoms with van der Waals surface area (Å²) in [6.07, 6.45) is 3.00. The molecule has 2 aliphatic rings. The molecule has 0 radical (unpaired) electrons. The molecule has 0 bridgehead atoms. The first-order valence-electron chi connectivity index (χ1n) is 8.55. The zero-order chi connectivity index (χ0) is 19.1. The minimum absolute atomic E-state index is 0.145. The number of hydrogen-bond donors (Lipinski definition) is 0. The van der Waals surface area contributed by atoms with Gasteiger partial charge in [0.15, 0.2) is 5.43 Å². The fourth-order valence-electron chi connectivity index (χ4n) is 3.66. The second-order valence-electron chi connectivity index (χ2n) is 6.55. The summed E-state index contributed by atoms with van der Waals surface area (Å²) < 4.78 is 26.2. The van der Waals surface area contributed by atoms with Crippen LogP contribution in [0, 0.1) is 5.82 Å². The number of benzene rings is 1. The number of rotatable bonds is 4. The number of cyclic esters (lactones) is 1. The van der Waals surface area contributed by atoms with Gasteiger partial charge in [0.05, 0.1) is 24.5 Å². The minimum Gasteiger partial charge on any atom is -0.469 e. The number of esters is 1. The lowest BCUT2D eigenvalue weighted by Gasteiger charge is -2.16. The summed E-state index contributed by atoms with van der Waals surface area (Å²) in [6.45, 7) is 0. The van der Waals surface area contributed by atoms with E-state index in [0.717, 1.165) is 5.56 Å². The molecule has 3 heterocycles. The third kappa shape index (κ3) is 2.97. The highest BCUT2D eigenvalue weighted by Crippen LogP contribution is 2.41. The molecule has 2 aromatic rings. The van der Waals surface area contributed by atoms with Gasteiger partial charge < -0.3 is 14.0 Å². The lowest BCUT2D eigenvalue weighted by atomic mass is 10.0. The van der Waals surface area contributed by atoms with Gasteiger partial charge >= 0.3 is 12.1 Å². The number of anilines is 1. The Kier molecular flexibility index (Phi) is 4.18. The molecule has 0 N–H and O–H groups in total. The van der Waals surface area contributed by atoms with Crippen LogP contribution in [0.25, 0.3) is 5.69 Å². The van der Waals surface area contributed by atoms with Crippen molar-refractivity contribution in [3.8, 4) is 5.69 Å². The molecule has 0 aliphatic carbocycles. The van der Waals surface area contributed by atoms with E-state index < -0.39 is 18.0 Å². The van der Waals surface area contributed by atoms with Crippen LogP contribution in [0.4, 0.5) is 14.9 Å². The molecule has 2 atom stereocenters. The van der Waals surface area contributed by atoms with Crippen molar-refractivity contribution >= 4 is 17.7 Å². The van der Waals surface area contributed by atoms with Gasteiger partial charge in [0.25, 0.3) is 0 Å². The van der Waals surface area contributed by atoms with Crippen molar-refractivity contribution in [2.75, 3.05) is 12.0 Å². The molecule has 0 spiro atoms. The number of fused-ring (bicyclic) bond motifs is 3. The Morgan fingerprint density at radius 3 is 2.70 bits per heavy atom. The van der Waals surface area contributed by atoms with Gasteiger partial charge in [-0.2, -0.15) is 0 Å². The predicted octanol–water partition coefficient (Wildman–Crippen LogP) is 2.18. The number of hydrogen-bond acceptors (Lipinski definition) is 5. The molecule has 1 saturated heterocycles. The fourth-order valence-corrected chi connectivity index (χ4v) is 3.66. The van der Waals surface area contributed by atoms with E-state index in [1.54, 1.807) is 6.07 Å². The molecule has 2 aliphatic heterocycles. The number of carbonyl (C=O) groups is 2. The van der Waals surface area contributed by atoms with E-state index in [-0.39, 0.29) is 23.9 Å². The molecule has 27 heavy (non-hydrogen) atoms. The Morgan fingerprint density at radius 1 is 1.26 bits per heavy atom. The standard InChI is InChI=1S/C19H17FN2O5/c1-26-18(24)3-2-17-16-9-11-8-15(21-6-4-12(23)5-7-21)13(20)10-14(11)22(16)19(25)27-17/h4-8,10,16-17H,2-3,9H2,1H3/t16-,17-/m0/s1. The van der Waals surface area contributed by atoms with E-state index in [1.807, 2.05) is 0 Å². The number of halogens is 1. The van der Waals surface area contributed by atoms with E-state index in [0.29, 0.717) is 24.2 Å². The summed E-state index contributed by atoms with van der Waals surface area (Å²) in [5.74, 6) is -0.879. The molecule has 0 unspecified atom stereocenters. The number of nitrogens with zero attached hydrogens (tertiary/aromatic N) is 2. The van der Waals surface area contributed by atoms with E-state index in [4.69, 9.17) is 4.74 Å². The monoisotopic (exact) mass is 372 g/mol. The van der Waals surface area contributed by atoms with E-state index in [9.17, 15) is 18.8 Å². The van der Waals surface area contributed by atoms with Gasteiger partial charge in [-0.1, -0.05) is 0 Å². The number of pyridine rings is 1. The lowest BCUT2D eigenvalue weighted by Crippen LogP contribution is -2.33. The van der Waals surface area contributed by atoms with Gasteiger partial charge in [0.2, 0.25) is 0 Å². The molecule has 1 aromatic carbocycles. The second-order valence-corrected chi connectivity index (χ2v) is 6.55. The topological polar surface area (TPSA) is 77.8 Å². The number of amides is 1. The molecule has 1 amide bonds. The number of aromatic nitrogens is 1. The number of methoxy groups -OCH3 is 1. The highest BCUT2D eigenvalue weighted by atomic mass is 19.1. The van der Waals surface area contributed by atoms with E-state index in [1.165, 1.54) is 47.2 Å². The SMILES string of the molecule is COC(=O)CC[C@@H]1OC(=O)N2c3cc(F)c(-n4ccc(=O)cc4)cc3C[C@@H]12. The third-order valence-electron chi connectivity index (χ3n) is 4.98. The lowest BCUT2D eigenvalue weighted by molar-refractivity contribution is -0.141. The van der Waals surface area contributed by atoms with Gasteiger partial charge in [0, 0.05) is 37.0 Å². The quantitative estimate of drug-likeness (QED) is 0.769. The molecule has 8 heteroatoms. The molecule has 0 saturated carbocycles. The van der Waals surface area contributed by atoms with Crippen molar-refractivity contribution < 1.29 is 23.5 Å². The molecular formula is C19H17FN2O5. The van der Waals surface area contributed by atoms with Crippen molar-refractivity contribution in [2.45, 2.75) is 31.4 Å². The first-order chi connectivity index (χ1) is 13.0. The van der Waals surface area contributed by atoms with Gasteiger partial charge in [-0.15, -0.1) is 0 Å². The Bertz CT molecular complexity index is 966. The van der Waals surface area contributed by atoms with Gasteiger partial charge in [0.1, 0.15) is 11.9 Å². The summed E-state index contributed by atoms with van der Waals surface area (Å²) in [5.41, 5.74) is 1.43. The maximum absolute atomic E-state index is 14.7.